The fourth-order valence-electron chi connectivity index (χ4n) is 2.01. The fraction of sp³-hybridized carbons (Fsp3) is 0.667. The monoisotopic (exact) mass is 240 g/mol. The summed E-state index contributed by atoms with van der Waals surface area (Å²) < 4.78 is 0. The zero-order valence-corrected chi connectivity index (χ0v) is 10.3. The number of carboxylic acid groups (broad SMARTS) is 1. The first kappa shape index (κ1) is 13.7. The van der Waals surface area contributed by atoms with E-state index in [0.717, 1.165) is 0 Å². The lowest BCUT2D eigenvalue weighted by Gasteiger charge is -2.27. The third-order valence-corrected chi connectivity index (χ3v) is 3.07. The minimum absolute atomic E-state index is 0.104. The van der Waals surface area contributed by atoms with Crippen LogP contribution in [0, 0.1) is 5.92 Å². The summed E-state index contributed by atoms with van der Waals surface area (Å²) in [6.07, 6.45) is 5.18. The number of amides is 1. The Kier molecular flexibility index (Phi) is 4.28. The van der Waals surface area contributed by atoms with Gasteiger partial charge in [0.1, 0.15) is 5.54 Å². The molecule has 0 aromatic carbocycles. The van der Waals surface area contributed by atoms with Crippen molar-refractivity contribution >= 4 is 11.9 Å². The molecule has 5 heteroatoms. The number of rotatable bonds is 5. The lowest BCUT2D eigenvalue weighted by atomic mass is 9.94. The van der Waals surface area contributed by atoms with Crippen LogP contribution >= 0.6 is 0 Å². The molecule has 0 aromatic rings. The second kappa shape index (κ2) is 5.31. The summed E-state index contributed by atoms with van der Waals surface area (Å²) >= 11 is 0. The van der Waals surface area contributed by atoms with Gasteiger partial charge < -0.3 is 16.2 Å². The Labute approximate surface area is 101 Å². The molecule has 96 valence electrons. The number of hydrogen-bond donors (Lipinski definition) is 3. The smallest absolute Gasteiger partial charge is 0.329 e. The SMILES string of the molecule is CCCC(C)(NC(=O)C1C=CC(N)C1)C(=O)O. The van der Waals surface area contributed by atoms with Crippen LogP contribution in [0.2, 0.25) is 0 Å². The topological polar surface area (TPSA) is 92.4 Å². The van der Waals surface area contributed by atoms with E-state index in [1.54, 1.807) is 12.2 Å². The molecule has 1 aliphatic carbocycles. The summed E-state index contributed by atoms with van der Waals surface area (Å²) in [4.78, 5) is 23.1. The number of nitrogens with two attached hydrogens (primary N) is 1. The van der Waals surface area contributed by atoms with E-state index < -0.39 is 11.5 Å². The van der Waals surface area contributed by atoms with Crippen molar-refractivity contribution in [3.8, 4) is 0 Å². The van der Waals surface area contributed by atoms with E-state index in [4.69, 9.17) is 10.8 Å². The molecule has 3 atom stereocenters. The van der Waals surface area contributed by atoms with Crippen molar-refractivity contribution in [3.05, 3.63) is 12.2 Å². The van der Waals surface area contributed by atoms with Crippen molar-refractivity contribution in [2.24, 2.45) is 11.7 Å². The number of carbonyl (C=O) groups is 2. The van der Waals surface area contributed by atoms with Crippen LogP contribution in [0.3, 0.4) is 0 Å². The first-order chi connectivity index (χ1) is 7.89. The normalized spacial score (nSPS) is 26.5. The van der Waals surface area contributed by atoms with Crippen molar-refractivity contribution in [2.75, 3.05) is 0 Å². The van der Waals surface area contributed by atoms with Gasteiger partial charge in [-0.1, -0.05) is 25.5 Å². The van der Waals surface area contributed by atoms with E-state index in [-0.39, 0.29) is 17.9 Å². The highest BCUT2D eigenvalue weighted by Crippen LogP contribution is 2.19. The third-order valence-electron chi connectivity index (χ3n) is 3.07. The van der Waals surface area contributed by atoms with Gasteiger partial charge in [-0.25, -0.2) is 4.79 Å². The first-order valence-electron chi connectivity index (χ1n) is 5.88. The highest BCUT2D eigenvalue weighted by Gasteiger charge is 2.36. The highest BCUT2D eigenvalue weighted by molar-refractivity contribution is 5.88. The van der Waals surface area contributed by atoms with Gasteiger partial charge in [0.15, 0.2) is 0 Å². The maximum Gasteiger partial charge on any atom is 0.329 e. The van der Waals surface area contributed by atoms with Crippen LogP contribution in [0.15, 0.2) is 12.2 Å². The molecular weight excluding hydrogens is 220 g/mol. The second-order valence-electron chi connectivity index (χ2n) is 4.77. The van der Waals surface area contributed by atoms with Crippen molar-refractivity contribution in [3.63, 3.8) is 0 Å². The van der Waals surface area contributed by atoms with Gasteiger partial charge in [-0.3, -0.25) is 4.79 Å². The van der Waals surface area contributed by atoms with Crippen molar-refractivity contribution < 1.29 is 14.7 Å². The van der Waals surface area contributed by atoms with Crippen molar-refractivity contribution in [1.29, 1.82) is 0 Å². The van der Waals surface area contributed by atoms with Crippen molar-refractivity contribution in [1.82, 2.24) is 5.32 Å². The van der Waals surface area contributed by atoms with E-state index in [1.165, 1.54) is 6.92 Å². The molecule has 0 aliphatic heterocycles. The minimum atomic E-state index is -1.19. The molecule has 1 aliphatic rings. The Hall–Kier alpha value is -1.36. The molecule has 0 radical (unpaired) electrons. The predicted octanol–water partition coefficient (Wildman–Crippen LogP) is 0.649. The number of carboxylic acids is 1. The van der Waals surface area contributed by atoms with Crippen LogP contribution in [-0.2, 0) is 9.59 Å². The summed E-state index contributed by atoms with van der Waals surface area (Å²) in [6.45, 7) is 3.42. The van der Waals surface area contributed by atoms with E-state index in [1.807, 2.05) is 6.92 Å². The van der Waals surface area contributed by atoms with Gasteiger partial charge in [0.25, 0.3) is 0 Å². The molecule has 0 aromatic heterocycles. The molecule has 0 saturated heterocycles. The van der Waals surface area contributed by atoms with Gasteiger partial charge in [0.05, 0.1) is 5.92 Å². The van der Waals surface area contributed by atoms with Crippen LogP contribution < -0.4 is 11.1 Å². The molecule has 0 spiro atoms. The molecular formula is C12H20N2O3. The quantitative estimate of drug-likeness (QED) is 0.615. The van der Waals surface area contributed by atoms with Crippen LogP contribution in [0.25, 0.3) is 0 Å². The Balaban J connectivity index is 2.65. The van der Waals surface area contributed by atoms with Crippen molar-refractivity contribution in [2.45, 2.75) is 44.7 Å². The van der Waals surface area contributed by atoms with Crippen LogP contribution in [0.4, 0.5) is 0 Å². The van der Waals surface area contributed by atoms with Gasteiger partial charge in [-0.2, -0.15) is 0 Å². The standard InChI is InChI=1S/C12H20N2O3/c1-3-6-12(2,11(16)17)14-10(15)8-4-5-9(13)7-8/h4-5,8-9H,3,6-7,13H2,1-2H3,(H,14,15)(H,16,17). The fourth-order valence-corrected chi connectivity index (χ4v) is 2.01. The van der Waals surface area contributed by atoms with Gasteiger partial charge in [-0.05, 0) is 19.8 Å². The molecule has 0 bridgehead atoms. The molecule has 1 amide bonds. The second-order valence-corrected chi connectivity index (χ2v) is 4.77. The van der Waals surface area contributed by atoms with E-state index in [2.05, 4.69) is 5.32 Å². The molecule has 4 N–H and O–H groups in total. The van der Waals surface area contributed by atoms with Gasteiger partial charge in [0.2, 0.25) is 5.91 Å². The van der Waals surface area contributed by atoms with Gasteiger partial charge >= 0.3 is 5.97 Å². The van der Waals surface area contributed by atoms with Gasteiger partial charge in [-0.15, -0.1) is 0 Å². The average Bonchev–Trinajstić information content (AvgIpc) is 2.65. The third kappa shape index (κ3) is 3.30. The molecule has 0 heterocycles. The van der Waals surface area contributed by atoms with Crippen LogP contribution in [-0.4, -0.2) is 28.6 Å². The number of carbonyl (C=O) groups excluding carboxylic acids is 1. The Morgan fingerprint density at radius 1 is 1.53 bits per heavy atom. The molecule has 17 heavy (non-hydrogen) atoms. The molecule has 1 rings (SSSR count). The lowest BCUT2D eigenvalue weighted by molar-refractivity contribution is -0.147. The highest BCUT2D eigenvalue weighted by atomic mass is 16.4. The summed E-state index contributed by atoms with van der Waals surface area (Å²) in [5, 5.41) is 11.8. The zero-order valence-electron chi connectivity index (χ0n) is 10.3. The average molecular weight is 240 g/mol. The predicted molar refractivity (Wildman–Crippen MR) is 64.3 cm³/mol. The number of hydrogen-bond acceptors (Lipinski definition) is 3. The Morgan fingerprint density at radius 2 is 2.18 bits per heavy atom. The van der Waals surface area contributed by atoms with E-state index in [0.29, 0.717) is 19.3 Å². The van der Waals surface area contributed by atoms with Crippen LogP contribution in [0.1, 0.15) is 33.1 Å². The summed E-state index contributed by atoms with van der Waals surface area (Å²) in [7, 11) is 0. The number of aliphatic carboxylic acids is 1. The summed E-state index contributed by atoms with van der Waals surface area (Å²) in [6, 6.07) is -0.104. The maximum atomic E-state index is 11.9. The molecule has 5 nitrogen and oxygen atoms in total. The van der Waals surface area contributed by atoms with E-state index in [9.17, 15) is 9.59 Å². The first-order valence-corrected chi connectivity index (χ1v) is 5.88. The van der Waals surface area contributed by atoms with Crippen LogP contribution in [0.5, 0.6) is 0 Å². The number of nitrogens with one attached hydrogen (secondary N) is 1. The Morgan fingerprint density at radius 3 is 2.59 bits per heavy atom. The Bertz CT molecular complexity index is 341. The largest absolute Gasteiger partial charge is 0.480 e. The molecule has 3 unspecified atom stereocenters. The molecule has 0 fully saturated rings. The van der Waals surface area contributed by atoms with Gasteiger partial charge in [0, 0.05) is 6.04 Å². The molecule has 0 saturated carbocycles. The summed E-state index contributed by atoms with van der Waals surface area (Å²) in [5.41, 5.74) is 4.47. The zero-order chi connectivity index (χ0) is 13.1. The minimum Gasteiger partial charge on any atom is -0.480 e. The lowest BCUT2D eigenvalue weighted by Crippen LogP contribution is -2.53. The maximum absolute atomic E-state index is 11.9. The summed E-state index contributed by atoms with van der Waals surface area (Å²) in [5.74, 6) is -1.56. The van der Waals surface area contributed by atoms with E-state index >= 15 is 0 Å².